The van der Waals surface area contributed by atoms with Crippen molar-refractivity contribution in [2.75, 3.05) is 5.73 Å². The highest BCUT2D eigenvalue weighted by atomic mass is 19.3. The summed E-state index contributed by atoms with van der Waals surface area (Å²) in [6, 6.07) is 4.23. The first kappa shape index (κ1) is 16.2. The maximum absolute atomic E-state index is 14.7. The summed E-state index contributed by atoms with van der Waals surface area (Å²) in [6.45, 7) is -2.65. The third-order valence-electron chi connectivity index (χ3n) is 3.72. The molecule has 29 heavy (non-hydrogen) atoms. The fourth-order valence-corrected chi connectivity index (χ4v) is 2.36. The molecule has 0 fully saturated rings. The summed E-state index contributed by atoms with van der Waals surface area (Å²) in [5, 5.41) is 13.8. The molecule has 8 nitrogen and oxygen atoms in total. The molecule has 0 aliphatic carbocycles. The summed E-state index contributed by atoms with van der Waals surface area (Å²) in [7, 11) is 0. The number of alkyl halides is 2. The Morgan fingerprint density at radius 1 is 1.14 bits per heavy atom. The lowest BCUT2D eigenvalue weighted by molar-refractivity contribution is 0.116. The van der Waals surface area contributed by atoms with E-state index in [1.165, 1.54) is 18.5 Å². The SMILES string of the molecule is [2H]C([2H])(c1cc(F)c(-c2nnc(C(F)F)o2)cc1F)n1cc(-c2ccc(N)nc2)nn1. The summed E-state index contributed by atoms with van der Waals surface area (Å²) in [5.41, 5.74) is 4.91. The summed E-state index contributed by atoms with van der Waals surface area (Å²) >= 11 is 0. The van der Waals surface area contributed by atoms with Gasteiger partial charge in [-0.05, 0) is 24.3 Å². The van der Waals surface area contributed by atoms with E-state index in [2.05, 4.69) is 29.9 Å². The number of nitrogens with zero attached hydrogens (tertiary/aromatic N) is 6. The van der Waals surface area contributed by atoms with Gasteiger partial charge in [0.1, 0.15) is 23.1 Å². The summed E-state index contributed by atoms with van der Waals surface area (Å²) in [6.07, 6.45) is -0.502. The third kappa shape index (κ3) is 3.77. The largest absolute Gasteiger partial charge is 0.415 e. The van der Waals surface area contributed by atoms with Crippen molar-refractivity contribution >= 4 is 5.82 Å². The van der Waals surface area contributed by atoms with E-state index in [9.17, 15) is 17.6 Å². The van der Waals surface area contributed by atoms with Crippen LogP contribution in [-0.4, -0.2) is 30.2 Å². The van der Waals surface area contributed by atoms with Gasteiger partial charge in [0.2, 0.25) is 0 Å². The van der Waals surface area contributed by atoms with Gasteiger partial charge >= 0.3 is 6.43 Å². The van der Waals surface area contributed by atoms with Crippen LogP contribution < -0.4 is 5.73 Å². The third-order valence-corrected chi connectivity index (χ3v) is 3.72. The Morgan fingerprint density at radius 2 is 1.97 bits per heavy atom. The Kier molecular flexibility index (Phi) is 4.06. The molecule has 1 aromatic carbocycles. The number of hydrogen-bond acceptors (Lipinski definition) is 7. The van der Waals surface area contributed by atoms with Crippen LogP contribution in [0.2, 0.25) is 0 Å². The van der Waals surface area contributed by atoms with Crippen molar-refractivity contribution in [3.05, 3.63) is 59.7 Å². The van der Waals surface area contributed by atoms with E-state index in [0.29, 0.717) is 22.4 Å². The van der Waals surface area contributed by atoms with Gasteiger partial charge in [-0.3, -0.25) is 0 Å². The molecule has 0 aliphatic heterocycles. The van der Waals surface area contributed by atoms with Crippen LogP contribution in [0.1, 0.15) is 20.6 Å². The van der Waals surface area contributed by atoms with Gasteiger partial charge in [-0.1, -0.05) is 5.21 Å². The summed E-state index contributed by atoms with van der Waals surface area (Å²) < 4.78 is 76.2. The van der Waals surface area contributed by atoms with Gasteiger partial charge in [-0.25, -0.2) is 18.4 Å². The molecule has 0 saturated carbocycles. The van der Waals surface area contributed by atoms with Crippen LogP contribution in [0.25, 0.3) is 22.7 Å². The standard InChI is InChI=1S/C17H11F4N7O/c18-11-4-10(16-25-26-17(29-16)15(20)21)12(19)3-9(11)6-28-7-13(24-27-28)8-1-2-14(22)23-5-8/h1-5,7,15H,6H2,(H2,22,23)/i6D2. The molecule has 0 atom stereocenters. The first-order valence-corrected chi connectivity index (χ1v) is 7.93. The van der Waals surface area contributed by atoms with Gasteiger partial charge in [0.05, 0.1) is 21.0 Å². The normalized spacial score (nSPS) is 12.9. The maximum atomic E-state index is 14.7. The lowest BCUT2D eigenvalue weighted by Gasteiger charge is -2.06. The quantitative estimate of drug-likeness (QED) is 0.506. The number of nitrogen functional groups attached to an aromatic ring is 1. The summed E-state index contributed by atoms with van der Waals surface area (Å²) in [4.78, 5) is 3.89. The Bertz CT molecular complexity index is 1240. The van der Waals surface area contributed by atoms with Gasteiger partial charge in [0.25, 0.3) is 11.8 Å². The predicted octanol–water partition coefficient (Wildman–Crippen LogP) is 3.24. The molecule has 0 bridgehead atoms. The number of hydrogen-bond donors (Lipinski definition) is 1. The molecule has 148 valence electrons. The van der Waals surface area contributed by atoms with Crippen LogP contribution in [0.3, 0.4) is 0 Å². The molecule has 2 N–H and O–H groups in total. The van der Waals surface area contributed by atoms with E-state index >= 15 is 0 Å². The van der Waals surface area contributed by atoms with Crippen molar-refractivity contribution in [1.82, 2.24) is 30.2 Å². The molecule has 3 heterocycles. The smallest absolute Gasteiger partial charge is 0.314 e. The van der Waals surface area contributed by atoms with Crippen molar-refractivity contribution < 1.29 is 24.7 Å². The second-order valence-electron chi connectivity index (χ2n) is 5.69. The highest BCUT2D eigenvalue weighted by Crippen LogP contribution is 2.27. The van der Waals surface area contributed by atoms with Gasteiger partial charge in [-0.2, -0.15) is 8.78 Å². The Balaban J connectivity index is 1.70. The van der Waals surface area contributed by atoms with Crippen molar-refractivity contribution in [2.24, 2.45) is 0 Å². The highest BCUT2D eigenvalue weighted by molar-refractivity contribution is 5.58. The fraction of sp³-hybridized carbons (Fsp3) is 0.118. The predicted molar refractivity (Wildman–Crippen MR) is 91.4 cm³/mol. The van der Waals surface area contributed by atoms with E-state index in [4.69, 9.17) is 8.48 Å². The van der Waals surface area contributed by atoms with Crippen LogP contribution in [0.15, 0.2) is 41.1 Å². The van der Waals surface area contributed by atoms with Crippen molar-refractivity contribution in [3.8, 4) is 22.7 Å². The minimum Gasteiger partial charge on any atom is -0.415 e. The molecule has 0 unspecified atom stereocenters. The lowest BCUT2D eigenvalue weighted by atomic mass is 10.1. The van der Waals surface area contributed by atoms with Gasteiger partial charge in [-0.15, -0.1) is 15.3 Å². The number of nitrogens with two attached hydrogens (primary N) is 1. The molecule has 0 saturated heterocycles. The Hall–Kier alpha value is -3.83. The molecular weight excluding hydrogens is 394 g/mol. The topological polar surface area (TPSA) is 109 Å². The van der Waals surface area contributed by atoms with E-state index < -0.39 is 47.5 Å². The van der Waals surface area contributed by atoms with E-state index in [1.807, 2.05) is 0 Å². The van der Waals surface area contributed by atoms with E-state index in [0.717, 1.165) is 0 Å². The number of benzene rings is 1. The molecule has 4 rings (SSSR count). The average molecular weight is 407 g/mol. The lowest BCUT2D eigenvalue weighted by Crippen LogP contribution is -2.04. The number of pyridine rings is 1. The number of aromatic nitrogens is 6. The van der Waals surface area contributed by atoms with Crippen molar-refractivity contribution in [1.29, 1.82) is 0 Å². The molecule has 3 aromatic heterocycles. The Labute approximate surface area is 162 Å². The van der Waals surface area contributed by atoms with Crippen LogP contribution in [-0.2, 0) is 6.50 Å². The van der Waals surface area contributed by atoms with Crippen LogP contribution in [0.5, 0.6) is 0 Å². The van der Waals surface area contributed by atoms with Gasteiger partial charge in [0, 0.05) is 17.3 Å². The molecule has 4 aromatic rings. The molecule has 0 aliphatic rings. The number of anilines is 1. The minimum atomic E-state index is -3.08. The van der Waals surface area contributed by atoms with Crippen LogP contribution >= 0.6 is 0 Å². The van der Waals surface area contributed by atoms with Crippen LogP contribution in [0, 0.1) is 11.6 Å². The second kappa shape index (κ2) is 7.30. The van der Waals surface area contributed by atoms with Gasteiger partial charge in [0.15, 0.2) is 0 Å². The fourth-order valence-electron chi connectivity index (χ4n) is 2.36. The number of halogens is 4. The van der Waals surface area contributed by atoms with E-state index in [-0.39, 0.29) is 11.5 Å². The molecular formula is C17H11F4N7O. The monoisotopic (exact) mass is 407 g/mol. The zero-order valence-corrected chi connectivity index (χ0v) is 14.2. The first-order chi connectivity index (χ1) is 14.7. The Morgan fingerprint density at radius 3 is 2.66 bits per heavy atom. The number of rotatable bonds is 5. The van der Waals surface area contributed by atoms with Crippen molar-refractivity contribution in [3.63, 3.8) is 0 Å². The molecule has 0 spiro atoms. The van der Waals surface area contributed by atoms with E-state index in [1.54, 1.807) is 6.07 Å². The van der Waals surface area contributed by atoms with Crippen LogP contribution in [0.4, 0.5) is 23.4 Å². The second-order valence-corrected chi connectivity index (χ2v) is 5.69. The molecule has 0 amide bonds. The van der Waals surface area contributed by atoms with Gasteiger partial charge < -0.3 is 10.2 Å². The summed E-state index contributed by atoms with van der Waals surface area (Å²) in [5.74, 6) is -3.80. The minimum absolute atomic E-state index is 0.222. The highest BCUT2D eigenvalue weighted by Gasteiger charge is 2.21. The molecule has 0 radical (unpaired) electrons. The van der Waals surface area contributed by atoms with Crippen molar-refractivity contribution in [2.45, 2.75) is 12.9 Å². The first-order valence-electron chi connectivity index (χ1n) is 8.93. The zero-order chi connectivity index (χ0) is 22.3. The zero-order valence-electron chi connectivity index (χ0n) is 16.2. The maximum Gasteiger partial charge on any atom is 0.314 e. The average Bonchev–Trinajstić information content (AvgIpc) is 3.40. The molecule has 12 heteroatoms.